The molecule has 0 spiro atoms. The van der Waals surface area contributed by atoms with Crippen molar-refractivity contribution in [3.05, 3.63) is 41.4 Å². The molecule has 0 amide bonds. The van der Waals surface area contributed by atoms with Crippen LogP contribution in [0.25, 0.3) is 10.6 Å². The summed E-state index contributed by atoms with van der Waals surface area (Å²) in [6, 6.07) is 10.7. The third-order valence-electron chi connectivity index (χ3n) is 2.99. The van der Waals surface area contributed by atoms with Crippen molar-refractivity contribution in [3.8, 4) is 10.6 Å². The molecule has 3 nitrogen and oxygen atoms in total. The smallest absolute Gasteiger partial charge is 0.123 e. The van der Waals surface area contributed by atoms with E-state index < -0.39 is 0 Å². The zero-order chi connectivity index (χ0) is 13.5. The molecule has 1 atom stereocenters. The maximum Gasteiger partial charge on any atom is 0.123 e. The Balaban J connectivity index is 1.88. The highest BCUT2D eigenvalue weighted by molar-refractivity contribution is 7.15. The van der Waals surface area contributed by atoms with Crippen LogP contribution in [0.2, 0.25) is 0 Å². The average Bonchev–Trinajstić information content (AvgIpc) is 2.93. The first-order valence-corrected chi connectivity index (χ1v) is 7.45. The second-order valence-corrected chi connectivity index (χ2v) is 5.76. The minimum Gasteiger partial charge on any atom is -0.396 e. The van der Waals surface area contributed by atoms with Gasteiger partial charge in [0.25, 0.3) is 0 Å². The largest absolute Gasteiger partial charge is 0.396 e. The van der Waals surface area contributed by atoms with Crippen molar-refractivity contribution in [1.29, 1.82) is 0 Å². The number of aromatic nitrogens is 1. The SMILES string of the molecule is CC(CCCO)NCc1cnc(-c2ccccc2)s1. The highest BCUT2D eigenvalue weighted by atomic mass is 32.1. The van der Waals surface area contributed by atoms with Crippen LogP contribution in [0.3, 0.4) is 0 Å². The number of hydrogen-bond acceptors (Lipinski definition) is 4. The van der Waals surface area contributed by atoms with E-state index in [4.69, 9.17) is 5.11 Å². The molecule has 0 saturated carbocycles. The second-order valence-electron chi connectivity index (χ2n) is 4.65. The lowest BCUT2D eigenvalue weighted by Gasteiger charge is -2.11. The first-order chi connectivity index (χ1) is 9.29. The van der Waals surface area contributed by atoms with Crippen molar-refractivity contribution >= 4 is 11.3 Å². The molecule has 1 aromatic heterocycles. The van der Waals surface area contributed by atoms with E-state index >= 15 is 0 Å². The molecule has 0 aliphatic heterocycles. The van der Waals surface area contributed by atoms with Crippen LogP contribution in [0, 0.1) is 0 Å². The summed E-state index contributed by atoms with van der Waals surface area (Å²) < 4.78 is 0. The second kappa shape index (κ2) is 7.38. The number of aliphatic hydroxyl groups excluding tert-OH is 1. The van der Waals surface area contributed by atoms with Gasteiger partial charge in [-0.25, -0.2) is 4.98 Å². The summed E-state index contributed by atoms with van der Waals surface area (Å²) in [7, 11) is 0. The lowest BCUT2D eigenvalue weighted by Crippen LogP contribution is -2.25. The van der Waals surface area contributed by atoms with Crippen LogP contribution in [0.1, 0.15) is 24.6 Å². The lowest BCUT2D eigenvalue weighted by molar-refractivity contribution is 0.276. The van der Waals surface area contributed by atoms with Crippen LogP contribution in [-0.2, 0) is 6.54 Å². The Morgan fingerprint density at radius 3 is 2.84 bits per heavy atom. The van der Waals surface area contributed by atoms with Crippen LogP contribution < -0.4 is 5.32 Å². The highest BCUT2D eigenvalue weighted by Gasteiger charge is 2.06. The number of rotatable bonds is 7. The third-order valence-corrected chi connectivity index (χ3v) is 4.04. The van der Waals surface area contributed by atoms with Crippen LogP contribution in [-0.4, -0.2) is 22.7 Å². The van der Waals surface area contributed by atoms with Gasteiger partial charge in [-0.3, -0.25) is 0 Å². The van der Waals surface area contributed by atoms with Crippen molar-refractivity contribution < 1.29 is 5.11 Å². The fourth-order valence-electron chi connectivity index (χ4n) is 1.88. The van der Waals surface area contributed by atoms with Crippen molar-refractivity contribution in [2.24, 2.45) is 0 Å². The molecule has 19 heavy (non-hydrogen) atoms. The van der Waals surface area contributed by atoms with Gasteiger partial charge in [-0.05, 0) is 19.8 Å². The quantitative estimate of drug-likeness (QED) is 0.817. The minimum absolute atomic E-state index is 0.269. The summed E-state index contributed by atoms with van der Waals surface area (Å²) >= 11 is 1.73. The van der Waals surface area contributed by atoms with E-state index in [1.165, 1.54) is 10.4 Å². The molecule has 0 aliphatic rings. The summed E-state index contributed by atoms with van der Waals surface area (Å²) in [6.07, 6.45) is 3.80. The van der Waals surface area contributed by atoms with Crippen LogP contribution >= 0.6 is 11.3 Å². The lowest BCUT2D eigenvalue weighted by atomic mass is 10.2. The molecule has 1 heterocycles. The van der Waals surface area contributed by atoms with E-state index in [-0.39, 0.29) is 6.61 Å². The molecule has 2 rings (SSSR count). The van der Waals surface area contributed by atoms with E-state index in [9.17, 15) is 0 Å². The molecule has 0 aliphatic carbocycles. The van der Waals surface area contributed by atoms with Gasteiger partial charge in [0.2, 0.25) is 0 Å². The first kappa shape index (κ1) is 14.2. The summed E-state index contributed by atoms with van der Waals surface area (Å²) in [4.78, 5) is 5.71. The van der Waals surface area contributed by atoms with E-state index in [1.54, 1.807) is 11.3 Å². The molecule has 102 valence electrons. The minimum atomic E-state index is 0.269. The maximum absolute atomic E-state index is 8.79. The molecule has 0 fully saturated rings. The molecule has 0 saturated heterocycles. The molecule has 1 unspecified atom stereocenters. The molecule has 1 aromatic carbocycles. The molecule has 2 N–H and O–H groups in total. The van der Waals surface area contributed by atoms with Gasteiger partial charge in [0.1, 0.15) is 5.01 Å². The topological polar surface area (TPSA) is 45.1 Å². The van der Waals surface area contributed by atoms with Gasteiger partial charge in [-0.1, -0.05) is 30.3 Å². The van der Waals surface area contributed by atoms with E-state index in [0.29, 0.717) is 6.04 Å². The Kier molecular flexibility index (Phi) is 5.51. The maximum atomic E-state index is 8.79. The fraction of sp³-hybridized carbons (Fsp3) is 0.400. The van der Waals surface area contributed by atoms with Crippen molar-refractivity contribution in [1.82, 2.24) is 10.3 Å². The van der Waals surface area contributed by atoms with Gasteiger partial charge in [0.15, 0.2) is 0 Å². The molecular formula is C15H20N2OS. The number of hydrogen-bond donors (Lipinski definition) is 2. The number of aliphatic hydroxyl groups is 1. The standard InChI is InChI=1S/C15H20N2OS/c1-12(6-5-9-18)16-10-14-11-17-15(19-14)13-7-3-2-4-8-13/h2-4,7-8,11-12,16,18H,5-6,9-10H2,1H3. The van der Waals surface area contributed by atoms with Gasteiger partial charge in [-0.15, -0.1) is 11.3 Å². The number of benzene rings is 1. The predicted octanol–water partition coefficient (Wildman–Crippen LogP) is 3.06. The van der Waals surface area contributed by atoms with Gasteiger partial charge < -0.3 is 10.4 Å². The number of nitrogens with zero attached hydrogens (tertiary/aromatic N) is 1. The number of thiazole rings is 1. The van der Waals surface area contributed by atoms with Crippen LogP contribution in [0.15, 0.2) is 36.5 Å². The molecular weight excluding hydrogens is 256 g/mol. The number of nitrogens with one attached hydrogen (secondary N) is 1. The Bertz CT molecular complexity index is 484. The summed E-state index contributed by atoms with van der Waals surface area (Å²) in [6.45, 7) is 3.26. The molecule has 4 heteroatoms. The van der Waals surface area contributed by atoms with Gasteiger partial charge in [-0.2, -0.15) is 0 Å². The van der Waals surface area contributed by atoms with Gasteiger partial charge >= 0.3 is 0 Å². The van der Waals surface area contributed by atoms with Crippen molar-refractivity contribution in [2.45, 2.75) is 32.4 Å². The Morgan fingerprint density at radius 1 is 1.32 bits per heavy atom. The monoisotopic (exact) mass is 276 g/mol. The normalized spacial score (nSPS) is 12.5. The first-order valence-electron chi connectivity index (χ1n) is 6.64. The van der Waals surface area contributed by atoms with E-state index in [2.05, 4.69) is 29.4 Å². The Morgan fingerprint density at radius 2 is 2.11 bits per heavy atom. The van der Waals surface area contributed by atoms with E-state index in [1.807, 2.05) is 24.4 Å². The zero-order valence-electron chi connectivity index (χ0n) is 11.2. The molecule has 0 bridgehead atoms. The molecule has 2 aromatic rings. The van der Waals surface area contributed by atoms with Gasteiger partial charge in [0.05, 0.1) is 0 Å². The van der Waals surface area contributed by atoms with E-state index in [0.717, 1.165) is 24.4 Å². The summed E-state index contributed by atoms with van der Waals surface area (Å²) in [5.74, 6) is 0. The van der Waals surface area contributed by atoms with Crippen molar-refractivity contribution in [2.75, 3.05) is 6.61 Å². The zero-order valence-corrected chi connectivity index (χ0v) is 12.0. The average molecular weight is 276 g/mol. The van der Waals surface area contributed by atoms with Crippen LogP contribution in [0.5, 0.6) is 0 Å². The fourth-order valence-corrected chi connectivity index (χ4v) is 2.75. The highest BCUT2D eigenvalue weighted by Crippen LogP contribution is 2.24. The predicted molar refractivity (Wildman–Crippen MR) is 80.2 cm³/mol. The van der Waals surface area contributed by atoms with Gasteiger partial charge in [0, 0.05) is 35.8 Å². The summed E-state index contributed by atoms with van der Waals surface area (Å²) in [5.41, 5.74) is 1.17. The van der Waals surface area contributed by atoms with Crippen LogP contribution in [0.4, 0.5) is 0 Å². The third kappa shape index (κ3) is 4.42. The Hall–Kier alpha value is -1.23. The molecule has 0 radical (unpaired) electrons. The van der Waals surface area contributed by atoms with Crippen molar-refractivity contribution in [3.63, 3.8) is 0 Å². The Labute approximate surface area is 118 Å². The summed E-state index contributed by atoms with van der Waals surface area (Å²) in [5, 5.41) is 13.3.